The van der Waals surface area contributed by atoms with Crippen molar-refractivity contribution in [1.82, 2.24) is 19.9 Å². The minimum Gasteiger partial charge on any atom is -0.444 e. The highest BCUT2D eigenvalue weighted by molar-refractivity contribution is 6.06. The Morgan fingerprint density at radius 1 is 1.36 bits per heavy atom. The van der Waals surface area contributed by atoms with Gasteiger partial charge in [0, 0.05) is 18.3 Å². The SMILES string of the molecule is CC(C)(C)OC(=O)NC(=O)c1cnn2c3c(cnc12)CCN3. The van der Waals surface area contributed by atoms with Gasteiger partial charge in [0.25, 0.3) is 5.91 Å². The standard InChI is InChI=1S/C14H17N5O3/c1-14(2,3)22-13(21)18-12(20)9-7-17-19-10-8(4-5-15-10)6-16-11(9)19/h6-7,15H,4-5H2,1-3H3,(H,18,20,21). The molecule has 0 fully saturated rings. The van der Waals surface area contributed by atoms with Gasteiger partial charge >= 0.3 is 6.09 Å². The van der Waals surface area contributed by atoms with Gasteiger partial charge in [-0.3, -0.25) is 10.1 Å². The Hall–Kier alpha value is -2.64. The molecule has 2 amide bonds. The van der Waals surface area contributed by atoms with Crippen molar-refractivity contribution in [2.24, 2.45) is 0 Å². The Labute approximate surface area is 126 Å². The zero-order valence-electron chi connectivity index (χ0n) is 12.6. The Morgan fingerprint density at radius 2 is 2.14 bits per heavy atom. The van der Waals surface area contributed by atoms with Crippen molar-refractivity contribution >= 4 is 23.5 Å². The fourth-order valence-corrected chi connectivity index (χ4v) is 2.28. The van der Waals surface area contributed by atoms with Crippen LogP contribution in [0.3, 0.4) is 0 Å². The second-order valence-electron chi connectivity index (χ2n) is 6.06. The molecule has 0 radical (unpaired) electrons. The highest BCUT2D eigenvalue weighted by atomic mass is 16.6. The van der Waals surface area contributed by atoms with Gasteiger partial charge in [0.15, 0.2) is 5.65 Å². The highest BCUT2D eigenvalue weighted by Crippen LogP contribution is 2.23. The van der Waals surface area contributed by atoms with E-state index < -0.39 is 17.6 Å². The number of hydrogen-bond acceptors (Lipinski definition) is 6. The monoisotopic (exact) mass is 303 g/mol. The van der Waals surface area contributed by atoms with Gasteiger partial charge in [-0.25, -0.2) is 9.78 Å². The van der Waals surface area contributed by atoms with E-state index in [0.29, 0.717) is 5.65 Å². The maximum Gasteiger partial charge on any atom is 0.414 e. The smallest absolute Gasteiger partial charge is 0.414 e. The molecule has 2 aromatic rings. The van der Waals surface area contributed by atoms with Crippen LogP contribution >= 0.6 is 0 Å². The first-order chi connectivity index (χ1) is 10.3. The van der Waals surface area contributed by atoms with Gasteiger partial charge in [0.05, 0.1) is 6.20 Å². The van der Waals surface area contributed by atoms with Crippen molar-refractivity contribution in [2.45, 2.75) is 32.8 Å². The van der Waals surface area contributed by atoms with Crippen LogP contribution in [-0.4, -0.2) is 38.7 Å². The lowest BCUT2D eigenvalue weighted by molar-refractivity contribution is 0.0508. The number of carbonyl (C=O) groups excluding carboxylic acids is 2. The zero-order chi connectivity index (χ0) is 15.9. The minimum atomic E-state index is -0.795. The summed E-state index contributed by atoms with van der Waals surface area (Å²) in [5.41, 5.74) is 1.00. The van der Waals surface area contributed by atoms with E-state index in [1.54, 1.807) is 31.5 Å². The highest BCUT2D eigenvalue weighted by Gasteiger charge is 2.23. The zero-order valence-corrected chi connectivity index (χ0v) is 12.6. The Bertz CT molecular complexity index is 760. The molecule has 1 aliphatic heterocycles. The number of carbonyl (C=O) groups is 2. The van der Waals surface area contributed by atoms with Crippen LogP contribution in [0.2, 0.25) is 0 Å². The molecule has 0 saturated carbocycles. The molecule has 3 rings (SSSR count). The van der Waals surface area contributed by atoms with Crippen LogP contribution in [0.25, 0.3) is 5.65 Å². The molecule has 0 atom stereocenters. The summed E-state index contributed by atoms with van der Waals surface area (Å²) in [4.78, 5) is 28.1. The van der Waals surface area contributed by atoms with E-state index in [0.717, 1.165) is 24.3 Å². The van der Waals surface area contributed by atoms with Crippen LogP contribution in [0.15, 0.2) is 12.4 Å². The summed E-state index contributed by atoms with van der Waals surface area (Å²) in [6, 6.07) is 0. The average molecular weight is 303 g/mol. The van der Waals surface area contributed by atoms with Gasteiger partial charge in [0.1, 0.15) is 17.0 Å². The van der Waals surface area contributed by atoms with E-state index in [2.05, 4.69) is 20.7 Å². The third-order valence-corrected chi connectivity index (χ3v) is 3.15. The van der Waals surface area contributed by atoms with Crippen molar-refractivity contribution in [3.05, 3.63) is 23.5 Å². The summed E-state index contributed by atoms with van der Waals surface area (Å²) in [6.07, 6.45) is 3.19. The van der Waals surface area contributed by atoms with E-state index in [-0.39, 0.29) is 5.56 Å². The van der Waals surface area contributed by atoms with E-state index in [1.807, 2.05) is 0 Å². The first-order valence-corrected chi connectivity index (χ1v) is 6.99. The quantitative estimate of drug-likeness (QED) is 0.825. The van der Waals surface area contributed by atoms with E-state index >= 15 is 0 Å². The Kier molecular flexibility index (Phi) is 3.23. The summed E-state index contributed by atoms with van der Waals surface area (Å²) in [6.45, 7) is 5.99. The fraction of sp³-hybridized carbons (Fsp3) is 0.429. The first-order valence-electron chi connectivity index (χ1n) is 6.99. The molecule has 116 valence electrons. The maximum atomic E-state index is 12.2. The Morgan fingerprint density at radius 3 is 2.86 bits per heavy atom. The summed E-state index contributed by atoms with van der Waals surface area (Å²) in [5, 5.41) is 9.56. The van der Waals surface area contributed by atoms with Gasteiger partial charge in [-0.1, -0.05) is 0 Å². The van der Waals surface area contributed by atoms with Crippen molar-refractivity contribution in [2.75, 3.05) is 11.9 Å². The molecular weight excluding hydrogens is 286 g/mol. The van der Waals surface area contributed by atoms with E-state index in [9.17, 15) is 9.59 Å². The molecule has 22 heavy (non-hydrogen) atoms. The molecule has 0 unspecified atom stereocenters. The van der Waals surface area contributed by atoms with Gasteiger partial charge in [-0.15, -0.1) is 0 Å². The summed E-state index contributed by atoms with van der Waals surface area (Å²) >= 11 is 0. The van der Waals surface area contributed by atoms with Crippen molar-refractivity contribution in [3.63, 3.8) is 0 Å². The van der Waals surface area contributed by atoms with Crippen molar-refractivity contribution in [1.29, 1.82) is 0 Å². The molecule has 0 aromatic carbocycles. The first kappa shape index (κ1) is 14.3. The van der Waals surface area contributed by atoms with E-state index in [1.165, 1.54) is 6.20 Å². The number of rotatable bonds is 1. The minimum absolute atomic E-state index is 0.224. The van der Waals surface area contributed by atoms with Crippen LogP contribution < -0.4 is 10.6 Å². The van der Waals surface area contributed by atoms with Gasteiger partial charge in [0.2, 0.25) is 0 Å². The van der Waals surface area contributed by atoms with Crippen LogP contribution in [0.1, 0.15) is 36.7 Å². The predicted molar refractivity (Wildman–Crippen MR) is 78.9 cm³/mol. The number of imide groups is 1. The summed E-state index contributed by atoms with van der Waals surface area (Å²) in [7, 11) is 0. The normalized spacial score (nSPS) is 13.6. The van der Waals surface area contributed by atoms with Crippen molar-refractivity contribution < 1.29 is 14.3 Å². The molecule has 2 aromatic heterocycles. The lowest BCUT2D eigenvalue weighted by Gasteiger charge is -2.19. The van der Waals surface area contributed by atoms with Crippen LogP contribution in [0.4, 0.5) is 10.6 Å². The lowest BCUT2D eigenvalue weighted by atomic mass is 10.2. The number of amides is 2. The molecule has 0 spiro atoms. The molecule has 8 nitrogen and oxygen atoms in total. The average Bonchev–Trinajstić information content (AvgIpc) is 3.01. The number of anilines is 1. The molecule has 0 saturated heterocycles. The summed E-state index contributed by atoms with van der Waals surface area (Å²) < 4.78 is 6.64. The largest absolute Gasteiger partial charge is 0.444 e. The van der Waals surface area contributed by atoms with E-state index in [4.69, 9.17) is 4.74 Å². The number of aromatic nitrogens is 3. The molecule has 3 heterocycles. The number of ether oxygens (including phenoxy) is 1. The molecule has 0 aliphatic carbocycles. The van der Waals surface area contributed by atoms with Gasteiger partial charge in [-0.2, -0.15) is 9.61 Å². The van der Waals surface area contributed by atoms with Crippen LogP contribution in [0.5, 0.6) is 0 Å². The fourth-order valence-electron chi connectivity index (χ4n) is 2.28. The third-order valence-electron chi connectivity index (χ3n) is 3.15. The van der Waals surface area contributed by atoms with Gasteiger partial charge in [-0.05, 0) is 27.2 Å². The molecular formula is C14H17N5O3. The number of hydrogen-bond donors (Lipinski definition) is 2. The molecule has 2 N–H and O–H groups in total. The second-order valence-corrected chi connectivity index (χ2v) is 6.06. The predicted octanol–water partition coefficient (Wildman–Crippen LogP) is 1.36. The number of fused-ring (bicyclic) bond motifs is 3. The second kappa shape index (κ2) is 4.97. The number of nitrogens with one attached hydrogen (secondary N) is 2. The van der Waals surface area contributed by atoms with Crippen LogP contribution in [0, 0.1) is 0 Å². The van der Waals surface area contributed by atoms with Crippen molar-refractivity contribution in [3.8, 4) is 0 Å². The third kappa shape index (κ3) is 2.59. The molecule has 1 aliphatic rings. The van der Waals surface area contributed by atoms with Crippen LogP contribution in [-0.2, 0) is 11.2 Å². The lowest BCUT2D eigenvalue weighted by Crippen LogP contribution is -2.36. The topological polar surface area (TPSA) is 97.6 Å². The number of alkyl carbamates (subject to hydrolysis) is 1. The van der Waals surface area contributed by atoms with Gasteiger partial charge < -0.3 is 10.1 Å². The maximum absolute atomic E-state index is 12.2. The number of nitrogens with zero attached hydrogens (tertiary/aromatic N) is 3. The summed E-state index contributed by atoms with van der Waals surface area (Å²) in [5.74, 6) is 0.246. The molecule has 8 heteroatoms. The Balaban J connectivity index is 1.85. The molecule has 0 bridgehead atoms.